The van der Waals surface area contributed by atoms with Crippen LogP contribution in [0.2, 0.25) is 0 Å². The first-order valence-corrected chi connectivity index (χ1v) is 8.28. The molecule has 0 aromatic heterocycles. The van der Waals surface area contributed by atoms with Crippen LogP contribution in [0.15, 0.2) is 18.2 Å². The summed E-state index contributed by atoms with van der Waals surface area (Å²) in [5.41, 5.74) is 7.95. The Morgan fingerprint density at radius 1 is 1.41 bits per heavy atom. The van der Waals surface area contributed by atoms with Gasteiger partial charge >= 0.3 is 0 Å². The lowest BCUT2D eigenvalue weighted by Gasteiger charge is -2.33. The number of nitrogens with two attached hydrogens (primary N) is 1. The predicted octanol–water partition coefficient (Wildman–Crippen LogP) is 2.95. The number of nitrogens with one attached hydrogen (secondary N) is 1. The van der Waals surface area contributed by atoms with Crippen LogP contribution in [0.3, 0.4) is 0 Å². The smallest absolute Gasteiger partial charge is 0.227 e. The number of benzene rings is 1. The maximum Gasteiger partial charge on any atom is 0.227 e. The van der Waals surface area contributed by atoms with Gasteiger partial charge in [0.2, 0.25) is 5.91 Å². The van der Waals surface area contributed by atoms with Crippen LogP contribution in [0, 0.1) is 5.41 Å². The fourth-order valence-electron chi connectivity index (χ4n) is 3.33. The molecule has 0 saturated carbocycles. The Balaban J connectivity index is 2.20. The molecule has 1 aromatic carbocycles. The molecular weight excluding hydrogens is 276 g/mol. The van der Waals surface area contributed by atoms with Crippen molar-refractivity contribution < 1.29 is 9.53 Å². The third kappa shape index (κ3) is 3.12. The fourth-order valence-corrected chi connectivity index (χ4v) is 3.33. The van der Waals surface area contributed by atoms with Crippen molar-refractivity contribution in [2.45, 2.75) is 52.0 Å². The van der Waals surface area contributed by atoms with Crippen LogP contribution in [0.4, 0.5) is 0 Å². The monoisotopic (exact) mass is 304 g/mol. The van der Waals surface area contributed by atoms with E-state index in [9.17, 15) is 4.79 Å². The van der Waals surface area contributed by atoms with Gasteiger partial charge in [-0.05, 0) is 55.4 Å². The highest BCUT2D eigenvalue weighted by molar-refractivity contribution is 5.83. The Hall–Kier alpha value is -1.55. The average Bonchev–Trinajstić information content (AvgIpc) is 2.56. The summed E-state index contributed by atoms with van der Waals surface area (Å²) in [7, 11) is 1.68. The second-order valence-corrected chi connectivity index (χ2v) is 6.17. The third-order valence-electron chi connectivity index (χ3n) is 5.20. The zero-order chi connectivity index (χ0) is 16.2. The van der Waals surface area contributed by atoms with E-state index in [0.717, 1.165) is 37.9 Å². The molecule has 0 radical (unpaired) electrons. The number of hydrogen-bond donors (Lipinski definition) is 2. The van der Waals surface area contributed by atoms with Crippen molar-refractivity contribution in [1.82, 2.24) is 5.32 Å². The minimum absolute atomic E-state index is 0.0891. The van der Waals surface area contributed by atoms with E-state index in [1.54, 1.807) is 7.11 Å². The van der Waals surface area contributed by atoms with E-state index in [1.807, 2.05) is 19.9 Å². The van der Waals surface area contributed by atoms with Crippen LogP contribution in [-0.4, -0.2) is 19.6 Å². The maximum atomic E-state index is 12.7. The Labute approximate surface area is 133 Å². The van der Waals surface area contributed by atoms with Crippen LogP contribution in [-0.2, 0) is 11.2 Å². The largest absolute Gasteiger partial charge is 0.497 e. The topological polar surface area (TPSA) is 64.4 Å². The highest BCUT2D eigenvalue weighted by atomic mass is 16.5. The summed E-state index contributed by atoms with van der Waals surface area (Å²) < 4.78 is 5.30. The molecule has 0 bridgehead atoms. The summed E-state index contributed by atoms with van der Waals surface area (Å²) in [4.78, 5) is 12.7. The Kier molecular flexibility index (Phi) is 5.46. The number of aryl methyl sites for hydroxylation is 1. The maximum absolute atomic E-state index is 12.7. The highest BCUT2D eigenvalue weighted by Crippen LogP contribution is 2.34. The van der Waals surface area contributed by atoms with E-state index >= 15 is 0 Å². The zero-order valence-electron chi connectivity index (χ0n) is 13.9. The molecular formula is C18H28N2O2. The van der Waals surface area contributed by atoms with Gasteiger partial charge in [0.05, 0.1) is 18.6 Å². The van der Waals surface area contributed by atoms with Crippen LogP contribution >= 0.6 is 0 Å². The Morgan fingerprint density at radius 2 is 2.14 bits per heavy atom. The van der Waals surface area contributed by atoms with E-state index in [-0.39, 0.29) is 11.9 Å². The van der Waals surface area contributed by atoms with Gasteiger partial charge in [-0.25, -0.2) is 0 Å². The summed E-state index contributed by atoms with van der Waals surface area (Å²) in [5.74, 6) is 0.970. The normalized spacial score (nSPS) is 17.7. The number of amides is 1. The van der Waals surface area contributed by atoms with Crippen LogP contribution in [0.5, 0.6) is 5.75 Å². The molecule has 4 heteroatoms. The van der Waals surface area contributed by atoms with Crippen molar-refractivity contribution in [3.8, 4) is 5.75 Å². The summed E-state index contributed by atoms with van der Waals surface area (Å²) in [6.07, 6.45) is 4.66. The third-order valence-corrected chi connectivity index (χ3v) is 5.20. The molecule has 22 heavy (non-hydrogen) atoms. The summed E-state index contributed by atoms with van der Waals surface area (Å²) in [6, 6.07) is 6.23. The first-order chi connectivity index (χ1) is 10.6. The molecule has 1 aromatic rings. The molecule has 0 saturated heterocycles. The van der Waals surface area contributed by atoms with E-state index in [4.69, 9.17) is 10.5 Å². The summed E-state index contributed by atoms with van der Waals surface area (Å²) in [5, 5.41) is 3.25. The number of fused-ring (bicyclic) bond motifs is 1. The first-order valence-electron chi connectivity index (χ1n) is 8.28. The molecule has 1 amide bonds. The Morgan fingerprint density at radius 3 is 2.73 bits per heavy atom. The van der Waals surface area contributed by atoms with Crippen molar-refractivity contribution in [2.75, 3.05) is 13.7 Å². The van der Waals surface area contributed by atoms with Gasteiger partial charge in [-0.3, -0.25) is 4.79 Å². The molecule has 1 atom stereocenters. The van der Waals surface area contributed by atoms with E-state index < -0.39 is 5.41 Å². The summed E-state index contributed by atoms with van der Waals surface area (Å²) >= 11 is 0. The lowest BCUT2D eigenvalue weighted by Crippen LogP contribution is -2.46. The first kappa shape index (κ1) is 16.8. The molecule has 0 heterocycles. The molecule has 2 rings (SSSR count). The zero-order valence-corrected chi connectivity index (χ0v) is 13.9. The molecule has 3 N–H and O–H groups in total. The van der Waals surface area contributed by atoms with Crippen molar-refractivity contribution in [3.05, 3.63) is 29.3 Å². The fraction of sp³-hybridized carbons (Fsp3) is 0.611. The standard InChI is InChI=1S/C18H28N2O2/c1-4-18(5-2,12-19)17(21)20-16-8-6-7-13-11-14(22-3)9-10-15(13)16/h9-11,16H,4-8,12,19H2,1-3H3,(H,20,21). The number of rotatable bonds is 6. The molecule has 0 spiro atoms. The van der Waals surface area contributed by atoms with E-state index in [2.05, 4.69) is 17.4 Å². The van der Waals surface area contributed by atoms with Crippen molar-refractivity contribution in [2.24, 2.45) is 11.1 Å². The van der Waals surface area contributed by atoms with Gasteiger partial charge in [-0.2, -0.15) is 0 Å². The molecule has 1 aliphatic rings. The van der Waals surface area contributed by atoms with E-state index in [0.29, 0.717) is 6.54 Å². The van der Waals surface area contributed by atoms with Crippen molar-refractivity contribution in [3.63, 3.8) is 0 Å². The average molecular weight is 304 g/mol. The number of ether oxygens (including phenoxy) is 1. The quantitative estimate of drug-likeness (QED) is 0.849. The van der Waals surface area contributed by atoms with Gasteiger partial charge in [0.1, 0.15) is 5.75 Å². The number of carbonyl (C=O) groups is 1. The van der Waals surface area contributed by atoms with Crippen LogP contribution in [0.25, 0.3) is 0 Å². The molecule has 122 valence electrons. The molecule has 1 aliphatic carbocycles. The minimum Gasteiger partial charge on any atom is -0.497 e. The lowest BCUT2D eigenvalue weighted by molar-refractivity contribution is -0.132. The second kappa shape index (κ2) is 7.14. The molecule has 4 nitrogen and oxygen atoms in total. The Bertz CT molecular complexity index is 516. The van der Waals surface area contributed by atoms with Crippen molar-refractivity contribution in [1.29, 1.82) is 0 Å². The van der Waals surface area contributed by atoms with Gasteiger partial charge < -0.3 is 15.8 Å². The number of methoxy groups -OCH3 is 1. The summed E-state index contributed by atoms with van der Waals surface area (Å²) in [6.45, 7) is 4.47. The lowest BCUT2D eigenvalue weighted by atomic mass is 9.80. The molecule has 0 fully saturated rings. The minimum atomic E-state index is -0.440. The highest BCUT2D eigenvalue weighted by Gasteiger charge is 2.35. The number of carbonyl (C=O) groups excluding carboxylic acids is 1. The molecule has 0 aliphatic heterocycles. The van der Waals surface area contributed by atoms with Crippen LogP contribution in [0.1, 0.15) is 56.7 Å². The van der Waals surface area contributed by atoms with Crippen LogP contribution < -0.4 is 15.8 Å². The predicted molar refractivity (Wildman–Crippen MR) is 88.9 cm³/mol. The second-order valence-electron chi connectivity index (χ2n) is 6.17. The van der Waals surface area contributed by atoms with E-state index in [1.165, 1.54) is 11.1 Å². The number of hydrogen-bond acceptors (Lipinski definition) is 3. The van der Waals surface area contributed by atoms with Gasteiger partial charge in [-0.1, -0.05) is 19.9 Å². The van der Waals surface area contributed by atoms with Gasteiger partial charge in [0.25, 0.3) is 0 Å². The van der Waals surface area contributed by atoms with Crippen molar-refractivity contribution >= 4 is 5.91 Å². The van der Waals surface area contributed by atoms with Gasteiger partial charge in [0.15, 0.2) is 0 Å². The molecule has 1 unspecified atom stereocenters. The van der Waals surface area contributed by atoms with Gasteiger partial charge in [0, 0.05) is 6.54 Å². The van der Waals surface area contributed by atoms with Gasteiger partial charge in [-0.15, -0.1) is 0 Å². The SMILES string of the molecule is CCC(CC)(CN)C(=O)NC1CCCc2cc(OC)ccc21.